The average Bonchev–Trinajstić information content (AvgIpc) is 3.31. The van der Waals surface area contributed by atoms with Gasteiger partial charge in [0, 0.05) is 6.04 Å². The van der Waals surface area contributed by atoms with Crippen LogP contribution in [0.5, 0.6) is 5.75 Å². The molecule has 1 heterocycles. The summed E-state index contributed by atoms with van der Waals surface area (Å²) in [4.78, 5) is 25.3. The Labute approximate surface area is 122 Å². The number of morpholine rings is 1. The van der Waals surface area contributed by atoms with Crippen LogP contribution in [-0.4, -0.2) is 47.7 Å². The molecule has 1 N–H and O–H groups in total. The smallest absolute Gasteiger partial charge is 0.335 e. The zero-order valence-corrected chi connectivity index (χ0v) is 11.7. The first-order valence-electron chi connectivity index (χ1n) is 6.91. The second kappa shape index (κ2) is 5.37. The topological polar surface area (TPSA) is 76.1 Å². The largest absolute Gasteiger partial charge is 0.497 e. The van der Waals surface area contributed by atoms with Gasteiger partial charge in [-0.05, 0) is 30.5 Å². The average molecular weight is 291 g/mol. The Balaban J connectivity index is 1.97. The van der Waals surface area contributed by atoms with Crippen LogP contribution in [0.4, 0.5) is 0 Å². The maximum Gasteiger partial charge on any atom is 0.335 e. The Bertz CT molecular complexity index is 552. The molecule has 1 amide bonds. The van der Waals surface area contributed by atoms with Crippen molar-refractivity contribution in [3.05, 3.63) is 29.8 Å². The van der Waals surface area contributed by atoms with E-state index in [1.165, 1.54) is 0 Å². The number of benzene rings is 1. The Morgan fingerprint density at radius 3 is 2.52 bits per heavy atom. The van der Waals surface area contributed by atoms with Crippen LogP contribution in [0.1, 0.15) is 24.4 Å². The van der Waals surface area contributed by atoms with E-state index in [9.17, 15) is 14.7 Å². The normalized spacial score (nSPS) is 25.8. The van der Waals surface area contributed by atoms with Gasteiger partial charge in [0.05, 0.1) is 13.2 Å². The van der Waals surface area contributed by atoms with Crippen molar-refractivity contribution >= 4 is 11.9 Å². The van der Waals surface area contributed by atoms with Gasteiger partial charge in [0.2, 0.25) is 5.91 Å². The first-order valence-corrected chi connectivity index (χ1v) is 6.91. The molecule has 112 valence electrons. The lowest BCUT2D eigenvalue weighted by Gasteiger charge is -2.39. The molecule has 2 fully saturated rings. The summed E-state index contributed by atoms with van der Waals surface area (Å²) < 4.78 is 10.4. The van der Waals surface area contributed by atoms with Crippen LogP contribution in [0.15, 0.2) is 24.3 Å². The summed E-state index contributed by atoms with van der Waals surface area (Å²) in [7, 11) is 1.57. The molecule has 0 radical (unpaired) electrons. The van der Waals surface area contributed by atoms with Gasteiger partial charge in [-0.15, -0.1) is 0 Å². The van der Waals surface area contributed by atoms with Crippen LogP contribution in [-0.2, 0) is 14.3 Å². The summed E-state index contributed by atoms with van der Waals surface area (Å²) >= 11 is 0. The Hall–Kier alpha value is -2.08. The molecule has 21 heavy (non-hydrogen) atoms. The molecule has 2 atom stereocenters. The summed E-state index contributed by atoms with van der Waals surface area (Å²) in [5, 5.41) is 9.39. The fourth-order valence-corrected chi connectivity index (χ4v) is 2.75. The summed E-state index contributed by atoms with van der Waals surface area (Å²) in [5.74, 6) is -0.503. The van der Waals surface area contributed by atoms with Gasteiger partial charge in [-0.1, -0.05) is 12.1 Å². The molecule has 1 saturated heterocycles. The van der Waals surface area contributed by atoms with Crippen LogP contribution in [0.3, 0.4) is 0 Å². The number of hydrogen-bond acceptors (Lipinski definition) is 4. The van der Waals surface area contributed by atoms with Crippen LogP contribution in [0.25, 0.3) is 0 Å². The zero-order valence-electron chi connectivity index (χ0n) is 11.7. The third-order valence-electron chi connectivity index (χ3n) is 3.90. The lowest BCUT2D eigenvalue weighted by atomic mass is 9.97. The van der Waals surface area contributed by atoms with Gasteiger partial charge in [-0.3, -0.25) is 4.79 Å². The Morgan fingerprint density at radius 2 is 2.00 bits per heavy atom. The van der Waals surface area contributed by atoms with E-state index in [0.717, 1.165) is 18.4 Å². The second-order valence-corrected chi connectivity index (χ2v) is 5.32. The number of carbonyl (C=O) groups is 2. The molecule has 0 spiro atoms. The number of amides is 1. The van der Waals surface area contributed by atoms with Crippen molar-refractivity contribution in [2.45, 2.75) is 31.0 Å². The Kier molecular flexibility index (Phi) is 3.55. The van der Waals surface area contributed by atoms with Crippen molar-refractivity contribution in [3.63, 3.8) is 0 Å². The molecule has 1 aromatic carbocycles. The van der Waals surface area contributed by atoms with Crippen molar-refractivity contribution in [1.29, 1.82) is 0 Å². The predicted molar refractivity (Wildman–Crippen MR) is 73.0 cm³/mol. The summed E-state index contributed by atoms with van der Waals surface area (Å²) in [6, 6.07) is 6.65. The van der Waals surface area contributed by atoms with Gasteiger partial charge in [0.1, 0.15) is 12.4 Å². The second-order valence-electron chi connectivity index (χ2n) is 5.32. The molecule has 0 unspecified atom stereocenters. The van der Waals surface area contributed by atoms with E-state index in [-0.39, 0.29) is 18.6 Å². The number of hydrogen-bond donors (Lipinski definition) is 1. The molecular weight excluding hydrogens is 274 g/mol. The predicted octanol–water partition coefficient (Wildman–Crippen LogP) is 1.21. The van der Waals surface area contributed by atoms with Crippen molar-refractivity contribution in [3.8, 4) is 5.75 Å². The van der Waals surface area contributed by atoms with E-state index in [0.29, 0.717) is 5.75 Å². The minimum atomic E-state index is -1.05. The third kappa shape index (κ3) is 2.58. The highest BCUT2D eigenvalue weighted by atomic mass is 16.5. The van der Waals surface area contributed by atoms with Gasteiger partial charge < -0.3 is 19.5 Å². The maximum atomic E-state index is 12.1. The lowest BCUT2D eigenvalue weighted by Crippen LogP contribution is -2.52. The maximum absolute atomic E-state index is 12.1. The number of methoxy groups -OCH3 is 1. The van der Waals surface area contributed by atoms with E-state index >= 15 is 0 Å². The van der Waals surface area contributed by atoms with E-state index in [1.807, 2.05) is 0 Å². The number of carboxylic acid groups (broad SMARTS) is 1. The van der Waals surface area contributed by atoms with Gasteiger partial charge >= 0.3 is 5.97 Å². The lowest BCUT2D eigenvalue weighted by molar-refractivity contribution is -0.174. The molecule has 1 saturated carbocycles. The molecule has 3 rings (SSSR count). The molecular formula is C15H17NO5. The monoisotopic (exact) mass is 291 g/mol. The molecule has 6 nitrogen and oxygen atoms in total. The van der Waals surface area contributed by atoms with Crippen molar-refractivity contribution < 1.29 is 24.2 Å². The van der Waals surface area contributed by atoms with E-state index in [4.69, 9.17) is 9.47 Å². The number of aliphatic carboxylic acids is 1. The minimum absolute atomic E-state index is 0.135. The van der Waals surface area contributed by atoms with E-state index < -0.39 is 18.1 Å². The quantitative estimate of drug-likeness (QED) is 0.902. The van der Waals surface area contributed by atoms with Gasteiger partial charge in [0.25, 0.3) is 0 Å². The summed E-state index contributed by atoms with van der Waals surface area (Å²) in [5.41, 5.74) is 0.753. The first kappa shape index (κ1) is 13.9. The SMILES string of the molecule is COc1ccc([C@@H]2[C@@H](C(=O)O)OCC(=O)N2C2CC2)cc1. The summed E-state index contributed by atoms with van der Waals surface area (Å²) in [6.07, 6.45) is 0.812. The summed E-state index contributed by atoms with van der Waals surface area (Å²) in [6.45, 7) is -0.167. The fraction of sp³-hybridized carbons (Fsp3) is 0.467. The van der Waals surface area contributed by atoms with Crippen molar-refractivity contribution in [1.82, 2.24) is 4.90 Å². The first-order chi connectivity index (χ1) is 10.1. The van der Waals surface area contributed by atoms with Crippen molar-refractivity contribution in [2.75, 3.05) is 13.7 Å². The number of rotatable bonds is 4. The zero-order chi connectivity index (χ0) is 15.0. The van der Waals surface area contributed by atoms with Gasteiger partial charge in [0.15, 0.2) is 6.10 Å². The Morgan fingerprint density at radius 1 is 1.33 bits per heavy atom. The van der Waals surface area contributed by atoms with E-state index in [2.05, 4.69) is 0 Å². The third-order valence-corrected chi connectivity index (χ3v) is 3.90. The number of carboxylic acids is 1. The standard InChI is InChI=1S/C15H17NO5/c1-20-11-6-2-9(3-7-11)13-14(15(18)19)21-8-12(17)16(13)10-4-5-10/h2-3,6-7,10,13-14H,4-5,8H2,1H3,(H,18,19)/t13-,14+/m1/s1. The molecule has 6 heteroatoms. The molecule has 1 aliphatic heterocycles. The highest BCUT2D eigenvalue weighted by Gasteiger charge is 2.47. The van der Waals surface area contributed by atoms with Crippen LogP contribution in [0.2, 0.25) is 0 Å². The van der Waals surface area contributed by atoms with Crippen molar-refractivity contribution in [2.24, 2.45) is 0 Å². The molecule has 1 aromatic rings. The number of nitrogens with zero attached hydrogens (tertiary/aromatic N) is 1. The fourth-order valence-electron chi connectivity index (χ4n) is 2.75. The highest BCUT2D eigenvalue weighted by Crippen LogP contribution is 2.39. The van der Waals surface area contributed by atoms with Crippen LogP contribution >= 0.6 is 0 Å². The molecule has 1 aliphatic carbocycles. The van der Waals surface area contributed by atoms with Gasteiger partial charge in [-0.25, -0.2) is 4.79 Å². The van der Waals surface area contributed by atoms with Gasteiger partial charge in [-0.2, -0.15) is 0 Å². The molecule has 0 bridgehead atoms. The molecule has 2 aliphatic rings. The van der Waals surface area contributed by atoms with E-state index in [1.54, 1.807) is 36.3 Å². The number of ether oxygens (including phenoxy) is 2. The van der Waals surface area contributed by atoms with Crippen LogP contribution in [0, 0.1) is 0 Å². The number of carbonyl (C=O) groups excluding carboxylic acids is 1. The minimum Gasteiger partial charge on any atom is -0.497 e. The van der Waals surface area contributed by atoms with Crippen LogP contribution < -0.4 is 4.74 Å². The molecule has 0 aromatic heterocycles. The highest BCUT2D eigenvalue weighted by molar-refractivity contribution is 5.83.